The Hall–Kier alpha value is -1.47. The maximum absolute atomic E-state index is 13.1. The molecule has 0 saturated heterocycles. The van der Waals surface area contributed by atoms with Crippen LogP contribution >= 0.6 is 0 Å². The molecule has 0 aromatic heterocycles. The van der Waals surface area contributed by atoms with Crippen molar-refractivity contribution in [1.82, 2.24) is 10.0 Å². The summed E-state index contributed by atoms with van der Waals surface area (Å²) in [5, 5.41) is 2.63. The highest BCUT2D eigenvalue weighted by Gasteiger charge is 2.16. The summed E-state index contributed by atoms with van der Waals surface area (Å²) in [5.74, 6) is -0.400. The molecule has 0 unspecified atom stereocenters. The number of carbonyl (C=O) groups is 1. The van der Waals surface area contributed by atoms with Crippen LogP contribution in [0.15, 0.2) is 23.1 Å². The lowest BCUT2D eigenvalue weighted by Crippen LogP contribution is -2.37. The van der Waals surface area contributed by atoms with E-state index < -0.39 is 21.7 Å². The summed E-state index contributed by atoms with van der Waals surface area (Å²) in [6.07, 6.45) is 0.829. The Labute approximate surface area is 125 Å². The molecule has 0 aliphatic carbocycles. The van der Waals surface area contributed by atoms with Crippen LogP contribution < -0.4 is 10.0 Å². The highest BCUT2D eigenvalue weighted by Crippen LogP contribution is 2.13. The van der Waals surface area contributed by atoms with Gasteiger partial charge < -0.3 is 5.32 Å². The van der Waals surface area contributed by atoms with Gasteiger partial charge in [-0.1, -0.05) is 13.8 Å². The fourth-order valence-electron chi connectivity index (χ4n) is 1.59. The maximum atomic E-state index is 13.1. The molecule has 0 aliphatic rings. The molecule has 7 heteroatoms. The van der Waals surface area contributed by atoms with Gasteiger partial charge in [-0.2, -0.15) is 0 Å². The van der Waals surface area contributed by atoms with Gasteiger partial charge in [0.15, 0.2) is 0 Å². The Balaban J connectivity index is 2.56. The number of rotatable bonds is 7. The number of benzene rings is 1. The van der Waals surface area contributed by atoms with Gasteiger partial charge in [0, 0.05) is 6.54 Å². The summed E-state index contributed by atoms with van der Waals surface area (Å²) in [7, 11) is -3.81. The van der Waals surface area contributed by atoms with Gasteiger partial charge >= 0.3 is 0 Å². The molecule has 118 valence electrons. The van der Waals surface area contributed by atoms with E-state index in [4.69, 9.17) is 0 Å². The van der Waals surface area contributed by atoms with Crippen LogP contribution in [0, 0.1) is 18.7 Å². The molecule has 0 saturated carbocycles. The van der Waals surface area contributed by atoms with Crippen LogP contribution in [0.1, 0.15) is 25.8 Å². The van der Waals surface area contributed by atoms with Crippen molar-refractivity contribution >= 4 is 15.9 Å². The minimum Gasteiger partial charge on any atom is -0.355 e. The molecule has 0 heterocycles. The van der Waals surface area contributed by atoms with E-state index in [2.05, 4.69) is 10.0 Å². The van der Waals surface area contributed by atoms with Gasteiger partial charge in [0.05, 0.1) is 11.4 Å². The molecule has 2 N–H and O–H groups in total. The predicted octanol–water partition coefficient (Wildman–Crippen LogP) is 1.57. The first-order valence-electron chi connectivity index (χ1n) is 6.75. The first kappa shape index (κ1) is 17.6. The number of carbonyl (C=O) groups excluding carboxylic acids is 1. The third-order valence-electron chi connectivity index (χ3n) is 2.91. The normalized spacial score (nSPS) is 11.7. The molecule has 0 radical (unpaired) electrons. The van der Waals surface area contributed by atoms with Gasteiger partial charge in [0.1, 0.15) is 5.82 Å². The minimum atomic E-state index is -3.81. The molecule has 1 aromatic rings. The Morgan fingerprint density at radius 3 is 2.57 bits per heavy atom. The van der Waals surface area contributed by atoms with Crippen LogP contribution in [0.5, 0.6) is 0 Å². The second kappa shape index (κ2) is 7.51. The van der Waals surface area contributed by atoms with E-state index in [1.165, 1.54) is 19.1 Å². The lowest BCUT2D eigenvalue weighted by atomic mass is 10.1. The first-order valence-corrected chi connectivity index (χ1v) is 8.23. The standard InChI is InChI=1S/C14H21FN2O3S/c1-10(2)6-7-16-14(18)9-17-21(19,20)12-4-5-13(15)11(3)8-12/h4-5,8,10,17H,6-7,9H2,1-3H3,(H,16,18). The Bertz CT molecular complexity index is 600. The van der Waals surface area contributed by atoms with E-state index in [1.54, 1.807) is 0 Å². The van der Waals surface area contributed by atoms with Gasteiger partial charge in [-0.3, -0.25) is 4.79 Å². The van der Waals surface area contributed by atoms with Crippen LogP contribution in [0.3, 0.4) is 0 Å². The Morgan fingerprint density at radius 2 is 2.00 bits per heavy atom. The quantitative estimate of drug-likeness (QED) is 0.802. The fraction of sp³-hybridized carbons (Fsp3) is 0.500. The topological polar surface area (TPSA) is 75.3 Å². The zero-order valence-corrected chi connectivity index (χ0v) is 13.3. The van der Waals surface area contributed by atoms with Crippen molar-refractivity contribution < 1.29 is 17.6 Å². The summed E-state index contributed by atoms with van der Waals surface area (Å²) in [6.45, 7) is 5.72. The molecule has 0 bridgehead atoms. The number of halogens is 1. The molecule has 0 spiro atoms. The van der Waals surface area contributed by atoms with E-state index in [1.807, 2.05) is 13.8 Å². The number of aryl methyl sites for hydroxylation is 1. The number of amides is 1. The minimum absolute atomic E-state index is 0.0589. The lowest BCUT2D eigenvalue weighted by molar-refractivity contribution is -0.119. The van der Waals surface area contributed by atoms with E-state index in [0.29, 0.717) is 12.5 Å². The smallest absolute Gasteiger partial charge is 0.241 e. The zero-order chi connectivity index (χ0) is 16.0. The average molecular weight is 316 g/mol. The predicted molar refractivity (Wildman–Crippen MR) is 78.8 cm³/mol. The third kappa shape index (κ3) is 5.81. The Kier molecular flexibility index (Phi) is 6.29. The Morgan fingerprint density at radius 1 is 1.33 bits per heavy atom. The van der Waals surface area contributed by atoms with Crippen molar-refractivity contribution in [1.29, 1.82) is 0 Å². The van der Waals surface area contributed by atoms with E-state index in [0.717, 1.165) is 12.5 Å². The van der Waals surface area contributed by atoms with E-state index in [9.17, 15) is 17.6 Å². The summed E-state index contributed by atoms with van der Waals surface area (Å²) >= 11 is 0. The molecule has 1 aromatic carbocycles. The largest absolute Gasteiger partial charge is 0.355 e. The number of hydrogen-bond donors (Lipinski definition) is 2. The van der Waals surface area contributed by atoms with Gasteiger partial charge in [-0.15, -0.1) is 0 Å². The van der Waals surface area contributed by atoms with Gasteiger partial charge in [-0.05, 0) is 43.0 Å². The molecule has 5 nitrogen and oxygen atoms in total. The zero-order valence-electron chi connectivity index (χ0n) is 12.4. The summed E-state index contributed by atoms with van der Waals surface area (Å²) < 4.78 is 39.3. The second-order valence-electron chi connectivity index (χ2n) is 5.27. The van der Waals surface area contributed by atoms with Crippen molar-refractivity contribution in [2.24, 2.45) is 5.92 Å². The van der Waals surface area contributed by atoms with Crippen molar-refractivity contribution in [3.8, 4) is 0 Å². The highest BCUT2D eigenvalue weighted by molar-refractivity contribution is 7.89. The number of hydrogen-bond acceptors (Lipinski definition) is 3. The molecular formula is C14H21FN2O3S. The van der Waals surface area contributed by atoms with Gasteiger partial charge in [0.2, 0.25) is 15.9 Å². The molecule has 0 fully saturated rings. The maximum Gasteiger partial charge on any atom is 0.241 e. The molecule has 0 aliphatic heterocycles. The molecular weight excluding hydrogens is 295 g/mol. The van der Waals surface area contributed by atoms with Crippen molar-refractivity contribution in [3.05, 3.63) is 29.6 Å². The number of nitrogens with one attached hydrogen (secondary N) is 2. The summed E-state index contributed by atoms with van der Waals surface area (Å²) in [4.78, 5) is 11.5. The van der Waals surface area contributed by atoms with Crippen LogP contribution in [-0.4, -0.2) is 27.4 Å². The highest BCUT2D eigenvalue weighted by atomic mass is 32.2. The van der Waals surface area contributed by atoms with Crippen LogP contribution in [-0.2, 0) is 14.8 Å². The van der Waals surface area contributed by atoms with Gasteiger partial charge in [-0.25, -0.2) is 17.5 Å². The van der Waals surface area contributed by atoms with E-state index >= 15 is 0 Å². The lowest BCUT2D eigenvalue weighted by Gasteiger charge is -2.09. The van der Waals surface area contributed by atoms with Gasteiger partial charge in [0.25, 0.3) is 0 Å². The van der Waals surface area contributed by atoms with Crippen molar-refractivity contribution in [2.75, 3.05) is 13.1 Å². The molecule has 1 rings (SSSR count). The van der Waals surface area contributed by atoms with Crippen LogP contribution in [0.25, 0.3) is 0 Å². The van der Waals surface area contributed by atoms with Crippen molar-refractivity contribution in [2.45, 2.75) is 32.1 Å². The summed E-state index contributed by atoms with van der Waals surface area (Å²) in [6, 6.07) is 3.49. The second-order valence-corrected chi connectivity index (χ2v) is 7.03. The molecule has 1 amide bonds. The molecule has 0 atom stereocenters. The monoisotopic (exact) mass is 316 g/mol. The summed E-state index contributed by atoms with van der Waals surface area (Å²) in [5.41, 5.74) is 0.235. The van der Waals surface area contributed by atoms with Crippen LogP contribution in [0.4, 0.5) is 4.39 Å². The van der Waals surface area contributed by atoms with Crippen LogP contribution in [0.2, 0.25) is 0 Å². The molecule has 21 heavy (non-hydrogen) atoms. The fourth-order valence-corrected chi connectivity index (χ4v) is 2.66. The first-order chi connectivity index (χ1) is 9.72. The number of sulfonamides is 1. The van der Waals surface area contributed by atoms with Crippen molar-refractivity contribution in [3.63, 3.8) is 0 Å². The SMILES string of the molecule is Cc1cc(S(=O)(=O)NCC(=O)NCCC(C)C)ccc1F. The van der Waals surface area contributed by atoms with E-state index in [-0.39, 0.29) is 17.0 Å². The average Bonchev–Trinajstić information content (AvgIpc) is 2.39. The third-order valence-corrected chi connectivity index (χ3v) is 4.31.